The molecule has 4 N–H and O–H groups in total. The summed E-state index contributed by atoms with van der Waals surface area (Å²) < 4.78 is 23.4. The third kappa shape index (κ3) is 3.05. The lowest BCUT2D eigenvalue weighted by Gasteiger charge is -2.08. The van der Waals surface area contributed by atoms with Gasteiger partial charge in [0, 0.05) is 6.26 Å². The van der Waals surface area contributed by atoms with Crippen molar-refractivity contribution in [3.63, 3.8) is 0 Å². The van der Waals surface area contributed by atoms with Gasteiger partial charge in [-0.1, -0.05) is 19.1 Å². The van der Waals surface area contributed by atoms with Crippen molar-refractivity contribution in [3.05, 3.63) is 35.7 Å². The van der Waals surface area contributed by atoms with Crippen LogP contribution >= 0.6 is 0 Å². The number of sulfone groups is 1. The Bertz CT molecular complexity index is 780. The van der Waals surface area contributed by atoms with Crippen molar-refractivity contribution < 1.29 is 13.2 Å². The Morgan fingerprint density at radius 1 is 1.38 bits per heavy atom. The number of hydrogen-bond acceptors (Lipinski definition) is 5. The number of carbonyl (C=O) groups is 1. The SMILES string of the molecule is CCc1[nH]nc(C(=O)Nc2ccccc2S(C)(=O)=O)c1N. The lowest BCUT2D eigenvalue weighted by Crippen LogP contribution is -2.16. The summed E-state index contributed by atoms with van der Waals surface area (Å²) in [5, 5.41) is 9.08. The van der Waals surface area contributed by atoms with Gasteiger partial charge in [0.05, 0.1) is 22.0 Å². The first kappa shape index (κ1) is 15.0. The third-order valence-corrected chi connectivity index (χ3v) is 4.14. The van der Waals surface area contributed by atoms with Crippen LogP contribution in [0, 0.1) is 0 Å². The summed E-state index contributed by atoms with van der Waals surface area (Å²) in [6.45, 7) is 1.88. The van der Waals surface area contributed by atoms with Gasteiger partial charge >= 0.3 is 0 Å². The standard InChI is InChI=1S/C13H16N4O3S/c1-3-8-11(14)12(17-16-8)13(18)15-9-6-4-5-7-10(9)21(2,19)20/h4-7H,3,14H2,1-2H3,(H,15,18)(H,16,17). The Kier molecular flexibility index (Phi) is 3.99. The maximum atomic E-state index is 12.2. The molecule has 1 heterocycles. The van der Waals surface area contributed by atoms with E-state index in [0.29, 0.717) is 12.1 Å². The van der Waals surface area contributed by atoms with Crippen LogP contribution in [0.3, 0.4) is 0 Å². The van der Waals surface area contributed by atoms with Crippen molar-refractivity contribution in [1.29, 1.82) is 0 Å². The van der Waals surface area contributed by atoms with Crippen LogP contribution in [0.2, 0.25) is 0 Å². The molecule has 8 heteroatoms. The van der Waals surface area contributed by atoms with Crippen LogP contribution in [-0.4, -0.2) is 30.8 Å². The molecular formula is C13H16N4O3S. The first-order valence-corrected chi connectivity index (χ1v) is 8.17. The molecule has 1 amide bonds. The lowest BCUT2D eigenvalue weighted by molar-refractivity contribution is 0.102. The van der Waals surface area contributed by atoms with Crippen LogP contribution in [0.4, 0.5) is 11.4 Å². The Hall–Kier alpha value is -2.35. The predicted molar refractivity (Wildman–Crippen MR) is 79.9 cm³/mol. The number of aryl methyl sites for hydroxylation is 1. The minimum Gasteiger partial charge on any atom is -0.395 e. The van der Waals surface area contributed by atoms with Gasteiger partial charge in [-0.15, -0.1) is 0 Å². The van der Waals surface area contributed by atoms with Gasteiger partial charge in [-0.3, -0.25) is 9.89 Å². The predicted octanol–water partition coefficient (Wildman–Crippen LogP) is 1.21. The molecule has 0 atom stereocenters. The van der Waals surface area contributed by atoms with E-state index in [9.17, 15) is 13.2 Å². The number of benzene rings is 1. The quantitative estimate of drug-likeness (QED) is 0.784. The number of nitrogens with two attached hydrogens (primary N) is 1. The summed E-state index contributed by atoms with van der Waals surface area (Å²) in [6, 6.07) is 6.16. The molecule has 112 valence electrons. The number of aromatic amines is 1. The van der Waals surface area contributed by atoms with E-state index in [1.54, 1.807) is 12.1 Å². The zero-order chi connectivity index (χ0) is 15.6. The van der Waals surface area contributed by atoms with Crippen molar-refractivity contribution in [2.75, 3.05) is 17.3 Å². The normalized spacial score (nSPS) is 11.3. The van der Waals surface area contributed by atoms with Gasteiger partial charge in [0.2, 0.25) is 0 Å². The van der Waals surface area contributed by atoms with Crippen molar-refractivity contribution in [3.8, 4) is 0 Å². The second-order valence-electron chi connectivity index (χ2n) is 4.54. The minimum absolute atomic E-state index is 0.0446. The summed E-state index contributed by atoms with van der Waals surface area (Å²) in [7, 11) is -3.45. The van der Waals surface area contributed by atoms with Gasteiger partial charge in [-0.2, -0.15) is 5.10 Å². The number of nitrogen functional groups attached to an aromatic ring is 1. The topological polar surface area (TPSA) is 118 Å². The molecule has 0 unspecified atom stereocenters. The smallest absolute Gasteiger partial charge is 0.278 e. The molecule has 0 saturated carbocycles. The monoisotopic (exact) mass is 308 g/mol. The van der Waals surface area contributed by atoms with Crippen LogP contribution < -0.4 is 11.1 Å². The molecule has 0 spiro atoms. The summed E-state index contributed by atoms with van der Waals surface area (Å²) >= 11 is 0. The fourth-order valence-corrected chi connectivity index (χ4v) is 2.75. The number of H-pyrrole nitrogens is 1. The molecule has 0 radical (unpaired) electrons. The van der Waals surface area contributed by atoms with E-state index >= 15 is 0 Å². The highest BCUT2D eigenvalue weighted by atomic mass is 32.2. The summed E-state index contributed by atoms with van der Waals surface area (Å²) in [5.74, 6) is -0.556. The molecule has 0 aliphatic heterocycles. The average Bonchev–Trinajstić information content (AvgIpc) is 2.79. The molecule has 2 rings (SSSR count). The Morgan fingerprint density at radius 2 is 2.05 bits per heavy atom. The highest BCUT2D eigenvalue weighted by molar-refractivity contribution is 7.90. The number of aromatic nitrogens is 2. The first-order chi connectivity index (χ1) is 9.84. The van der Waals surface area contributed by atoms with Gasteiger partial charge in [0.1, 0.15) is 0 Å². The third-order valence-electron chi connectivity index (χ3n) is 2.99. The van der Waals surface area contributed by atoms with E-state index < -0.39 is 15.7 Å². The summed E-state index contributed by atoms with van der Waals surface area (Å²) in [5.41, 5.74) is 7.00. The highest BCUT2D eigenvalue weighted by Crippen LogP contribution is 2.22. The van der Waals surface area contributed by atoms with Gasteiger partial charge in [0.25, 0.3) is 5.91 Å². The van der Waals surface area contributed by atoms with Gasteiger partial charge in [-0.05, 0) is 18.6 Å². The fourth-order valence-electron chi connectivity index (χ4n) is 1.90. The first-order valence-electron chi connectivity index (χ1n) is 6.27. The molecule has 0 aliphatic carbocycles. The van der Waals surface area contributed by atoms with E-state index in [-0.39, 0.29) is 22.0 Å². The molecule has 7 nitrogen and oxygen atoms in total. The van der Waals surface area contributed by atoms with Crippen molar-refractivity contribution in [1.82, 2.24) is 10.2 Å². The van der Waals surface area contributed by atoms with E-state index in [0.717, 1.165) is 6.26 Å². The van der Waals surface area contributed by atoms with E-state index in [1.807, 2.05) is 6.92 Å². The Morgan fingerprint density at radius 3 is 2.62 bits per heavy atom. The largest absolute Gasteiger partial charge is 0.395 e. The van der Waals surface area contributed by atoms with Crippen molar-refractivity contribution in [2.24, 2.45) is 0 Å². The molecule has 0 aliphatic rings. The molecule has 1 aromatic carbocycles. The molecule has 21 heavy (non-hydrogen) atoms. The number of nitrogens with one attached hydrogen (secondary N) is 2. The molecule has 0 saturated heterocycles. The number of amides is 1. The van der Waals surface area contributed by atoms with Crippen LogP contribution in [0.1, 0.15) is 23.1 Å². The number of rotatable bonds is 4. The fraction of sp³-hybridized carbons (Fsp3) is 0.231. The number of nitrogens with zero attached hydrogens (tertiary/aromatic N) is 1. The number of para-hydroxylation sites is 1. The second kappa shape index (κ2) is 5.57. The number of hydrogen-bond donors (Lipinski definition) is 3. The molecule has 2 aromatic rings. The Balaban J connectivity index is 2.35. The van der Waals surface area contributed by atoms with Crippen LogP contribution in [0.15, 0.2) is 29.2 Å². The van der Waals surface area contributed by atoms with Gasteiger partial charge in [0.15, 0.2) is 15.5 Å². The number of carbonyl (C=O) groups excluding carboxylic acids is 1. The summed E-state index contributed by atoms with van der Waals surface area (Å²) in [6.07, 6.45) is 1.70. The van der Waals surface area contributed by atoms with E-state index in [1.165, 1.54) is 12.1 Å². The van der Waals surface area contributed by atoms with Crippen LogP contribution in [0.5, 0.6) is 0 Å². The molecule has 0 fully saturated rings. The molecular weight excluding hydrogens is 292 g/mol. The van der Waals surface area contributed by atoms with Gasteiger partial charge < -0.3 is 11.1 Å². The Labute approximate surface area is 122 Å². The maximum absolute atomic E-state index is 12.2. The van der Waals surface area contributed by atoms with Crippen molar-refractivity contribution in [2.45, 2.75) is 18.2 Å². The number of anilines is 2. The lowest BCUT2D eigenvalue weighted by atomic mass is 10.2. The van der Waals surface area contributed by atoms with E-state index in [4.69, 9.17) is 5.73 Å². The minimum atomic E-state index is -3.45. The maximum Gasteiger partial charge on any atom is 0.278 e. The average molecular weight is 308 g/mol. The summed E-state index contributed by atoms with van der Waals surface area (Å²) in [4.78, 5) is 12.2. The second-order valence-corrected chi connectivity index (χ2v) is 6.52. The van der Waals surface area contributed by atoms with Crippen molar-refractivity contribution >= 4 is 27.1 Å². The van der Waals surface area contributed by atoms with Crippen LogP contribution in [-0.2, 0) is 16.3 Å². The van der Waals surface area contributed by atoms with E-state index in [2.05, 4.69) is 15.5 Å². The zero-order valence-electron chi connectivity index (χ0n) is 11.7. The molecule has 0 bridgehead atoms. The molecule has 1 aromatic heterocycles. The zero-order valence-corrected chi connectivity index (χ0v) is 12.5. The van der Waals surface area contributed by atoms with Gasteiger partial charge in [-0.25, -0.2) is 8.42 Å². The van der Waals surface area contributed by atoms with Crippen LogP contribution in [0.25, 0.3) is 0 Å². The highest BCUT2D eigenvalue weighted by Gasteiger charge is 2.19.